The maximum atomic E-state index is 12.9. The summed E-state index contributed by atoms with van der Waals surface area (Å²) in [4.78, 5) is 18.8. The number of pyridine rings is 1. The molecule has 0 saturated carbocycles. The second-order valence-electron chi connectivity index (χ2n) is 6.36. The number of nitrogens with zero attached hydrogens (tertiary/aromatic N) is 2. The van der Waals surface area contributed by atoms with E-state index < -0.39 is 0 Å². The summed E-state index contributed by atoms with van der Waals surface area (Å²) >= 11 is 0. The van der Waals surface area contributed by atoms with Crippen LogP contribution >= 0.6 is 0 Å². The van der Waals surface area contributed by atoms with E-state index in [4.69, 9.17) is 4.74 Å². The lowest BCUT2D eigenvalue weighted by molar-refractivity contribution is 0.0528. The van der Waals surface area contributed by atoms with Crippen LogP contribution in [0, 0.1) is 6.92 Å². The maximum absolute atomic E-state index is 12.9. The highest BCUT2D eigenvalue weighted by Crippen LogP contribution is 2.16. The molecule has 4 heteroatoms. The first-order chi connectivity index (χ1) is 11.7. The standard InChI is InChI=1S/C20H24N2O2/c1-16-4-6-17(7-5-16)10-13-22(15-19-3-2-14-24-19)20(23)18-8-11-21-12-9-18/h4-9,11-12,19H,2-3,10,13-15H2,1H3/t19-/m0/s1. The van der Waals surface area contributed by atoms with Crippen molar-refractivity contribution in [3.63, 3.8) is 0 Å². The minimum atomic E-state index is 0.0556. The Labute approximate surface area is 143 Å². The Hall–Kier alpha value is -2.20. The van der Waals surface area contributed by atoms with Gasteiger partial charge in [-0.15, -0.1) is 0 Å². The maximum Gasteiger partial charge on any atom is 0.254 e. The molecule has 0 radical (unpaired) electrons. The second-order valence-corrected chi connectivity index (χ2v) is 6.36. The zero-order valence-corrected chi connectivity index (χ0v) is 14.1. The third-order valence-corrected chi connectivity index (χ3v) is 4.45. The number of aromatic nitrogens is 1. The molecule has 0 aliphatic carbocycles. The van der Waals surface area contributed by atoms with Crippen molar-refractivity contribution in [2.24, 2.45) is 0 Å². The highest BCUT2D eigenvalue weighted by Gasteiger charge is 2.23. The predicted molar refractivity (Wildman–Crippen MR) is 94.0 cm³/mol. The number of hydrogen-bond acceptors (Lipinski definition) is 3. The van der Waals surface area contributed by atoms with Gasteiger partial charge in [-0.2, -0.15) is 0 Å². The lowest BCUT2D eigenvalue weighted by atomic mass is 10.1. The normalized spacial score (nSPS) is 17.0. The molecule has 1 aliphatic rings. The van der Waals surface area contributed by atoms with E-state index in [0.717, 1.165) is 25.9 Å². The fourth-order valence-corrected chi connectivity index (χ4v) is 3.01. The molecule has 1 aromatic carbocycles. The van der Waals surface area contributed by atoms with Crippen LogP contribution in [0.4, 0.5) is 0 Å². The largest absolute Gasteiger partial charge is 0.376 e. The molecule has 126 valence electrons. The average molecular weight is 324 g/mol. The van der Waals surface area contributed by atoms with Gasteiger partial charge in [0.05, 0.1) is 6.10 Å². The van der Waals surface area contributed by atoms with Crippen molar-refractivity contribution in [1.29, 1.82) is 0 Å². The number of benzene rings is 1. The van der Waals surface area contributed by atoms with Crippen molar-refractivity contribution < 1.29 is 9.53 Å². The highest BCUT2D eigenvalue weighted by molar-refractivity contribution is 5.94. The lowest BCUT2D eigenvalue weighted by Crippen LogP contribution is -2.38. The minimum absolute atomic E-state index is 0.0556. The molecular weight excluding hydrogens is 300 g/mol. The van der Waals surface area contributed by atoms with Crippen LogP contribution in [0.2, 0.25) is 0 Å². The van der Waals surface area contributed by atoms with E-state index in [1.54, 1.807) is 24.5 Å². The van der Waals surface area contributed by atoms with Gasteiger partial charge in [-0.1, -0.05) is 29.8 Å². The Morgan fingerprint density at radius 3 is 2.62 bits per heavy atom. The van der Waals surface area contributed by atoms with E-state index in [1.165, 1.54) is 11.1 Å². The fourth-order valence-electron chi connectivity index (χ4n) is 3.01. The zero-order chi connectivity index (χ0) is 16.8. The number of hydrogen-bond donors (Lipinski definition) is 0. The number of rotatable bonds is 6. The smallest absolute Gasteiger partial charge is 0.254 e. The van der Waals surface area contributed by atoms with Gasteiger partial charge in [-0.05, 0) is 43.9 Å². The molecule has 2 heterocycles. The van der Waals surface area contributed by atoms with Crippen LogP contribution in [0.15, 0.2) is 48.8 Å². The monoisotopic (exact) mass is 324 g/mol. The van der Waals surface area contributed by atoms with Crippen LogP contribution in [0.3, 0.4) is 0 Å². The first kappa shape index (κ1) is 16.7. The topological polar surface area (TPSA) is 42.4 Å². The van der Waals surface area contributed by atoms with E-state index in [1.807, 2.05) is 4.90 Å². The molecule has 1 amide bonds. The van der Waals surface area contributed by atoms with E-state index in [2.05, 4.69) is 36.2 Å². The Balaban J connectivity index is 1.68. The molecule has 0 bridgehead atoms. The molecule has 1 aromatic heterocycles. The average Bonchev–Trinajstić information content (AvgIpc) is 3.13. The van der Waals surface area contributed by atoms with Gasteiger partial charge < -0.3 is 9.64 Å². The van der Waals surface area contributed by atoms with Crippen LogP contribution in [-0.2, 0) is 11.2 Å². The third-order valence-electron chi connectivity index (χ3n) is 4.45. The summed E-state index contributed by atoms with van der Waals surface area (Å²) in [7, 11) is 0. The Morgan fingerprint density at radius 1 is 1.21 bits per heavy atom. The Morgan fingerprint density at radius 2 is 1.96 bits per heavy atom. The molecule has 0 unspecified atom stereocenters. The van der Waals surface area contributed by atoms with Gasteiger partial charge in [-0.3, -0.25) is 9.78 Å². The summed E-state index contributed by atoms with van der Waals surface area (Å²) in [6.45, 7) is 4.25. The van der Waals surface area contributed by atoms with Gasteiger partial charge in [0.2, 0.25) is 0 Å². The van der Waals surface area contributed by atoms with E-state index >= 15 is 0 Å². The predicted octanol–water partition coefficient (Wildman–Crippen LogP) is 3.25. The molecule has 3 rings (SSSR count). The van der Waals surface area contributed by atoms with Crippen LogP contribution in [0.1, 0.15) is 34.3 Å². The van der Waals surface area contributed by atoms with Crippen molar-refractivity contribution >= 4 is 5.91 Å². The van der Waals surface area contributed by atoms with Crippen molar-refractivity contribution in [3.8, 4) is 0 Å². The van der Waals surface area contributed by atoms with Crippen LogP contribution in [0.5, 0.6) is 0 Å². The first-order valence-electron chi connectivity index (χ1n) is 8.59. The van der Waals surface area contributed by atoms with E-state index in [9.17, 15) is 4.79 Å². The quantitative estimate of drug-likeness (QED) is 0.819. The highest BCUT2D eigenvalue weighted by atomic mass is 16.5. The minimum Gasteiger partial charge on any atom is -0.376 e. The van der Waals surface area contributed by atoms with Gasteiger partial charge in [0.15, 0.2) is 0 Å². The molecule has 1 aliphatic heterocycles. The van der Waals surface area contributed by atoms with E-state index in [-0.39, 0.29) is 12.0 Å². The number of carbonyl (C=O) groups is 1. The number of carbonyl (C=O) groups excluding carboxylic acids is 1. The van der Waals surface area contributed by atoms with Crippen molar-refractivity contribution in [2.75, 3.05) is 19.7 Å². The molecular formula is C20H24N2O2. The Kier molecular flexibility index (Phi) is 5.59. The van der Waals surface area contributed by atoms with Crippen molar-refractivity contribution in [1.82, 2.24) is 9.88 Å². The van der Waals surface area contributed by atoms with E-state index in [0.29, 0.717) is 18.7 Å². The zero-order valence-electron chi connectivity index (χ0n) is 14.1. The fraction of sp³-hybridized carbons (Fsp3) is 0.400. The molecule has 1 fully saturated rings. The van der Waals surface area contributed by atoms with Crippen molar-refractivity contribution in [3.05, 3.63) is 65.5 Å². The molecule has 1 atom stereocenters. The number of aryl methyl sites for hydroxylation is 1. The molecule has 2 aromatic rings. The van der Waals surface area contributed by atoms with Crippen LogP contribution in [0.25, 0.3) is 0 Å². The summed E-state index contributed by atoms with van der Waals surface area (Å²) in [5.41, 5.74) is 3.19. The molecule has 1 saturated heterocycles. The SMILES string of the molecule is Cc1ccc(CCN(C[C@@H]2CCCO2)C(=O)c2ccncc2)cc1. The summed E-state index contributed by atoms with van der Waals surface area (Å²) in [5, 5.41) is 0. The summed E-state index contributed by atoms with van der Waals surface area (Å²) in [6, 6.07) is 12.1. The summed E-state index contributed by atoms with van der Waals surface area (Å²) in [5.74, 6) is 0.0556. The first-order valence-corrected chi connectivity index (χ1v) is 8.59. The van der Waals surface area contributed by atoms with Crippen LogP contribution in [-0.4, -0.2) is 41.6 Å². The van der Waals surface area contributed by atoms with Gasteiger partial charge in [0.1, 0.15) is 0 Å². The number of amides is 1. The lowest BCUT2D eigenvalue weighted by Gasteiger charge is -2.25. The molecule has 24 heavy (non-hydrogen) atoms. The second kappa shape index (κ2) is 8.06. The molecule has 0 N–H and O–H groups in total. The Bertz CT molecular complexity index is 649. The van der Waals surface area contributed by atoms with Crippen molar-refractivity contribution in [2.45, 2.75) is 32.3 Å². The molecule has 4 nitrogen and oxygen atoms in total. The number of ether oxygens (including phenoxy) is 1. The summed E-state index contributed by atoms with van der Waals surface area (Å²) in [6.07, 6.45) is 6.46. The van der Waals surface area contributed by atoms with Crippen LogP contribution < -0.4 is 0 Å². The third kappa shape index (κ3) is 4.42. The molecule has 0 spiro atoms. The van der Waals surface area contributed by atoms with Gasteiger partial charge in [-0.25, -0.2) is 0 Å². The van der Waals surface area contributed by atoms with Gasteiger partial charge in [0, 0.05) is 37.7 Å². The summed E-state index contributed by atoms with van der Waals surface area (Å²) < 4.78 is 5.73. The van der Waals surface area contributed by atoms with Gasteiger partial charge >= 0.3 is 0 Å². The van der Waals surface area contributed by atoms with Gasteiger partial charge in [0.25, 0.3) is 5.91 Å².